The van der Waals surface area contributed by atoms with E-state index in [0.717, 1.165) is 44.5 Å². The molecule has 3 aromatic rings. The van der Waals surface area contributed by atoms with E-state index in [2.05, 4.69) is 11.1 Å². The summed E-state index contributed by atoms with van der Waals surface area (Å²) in [5, 5.41) is 0.868. The first kappa shape index (κ1) is 23.3. The van der Waals surface area contributed by atoms with Crippen molar-refractivity contribution in [2.45, 2.75) is 35.7 Å². The number of hydrogen-bond donors (Lipinski definition) is 1. The summed E-state index contributed by atoms with van der Waals surface area (Å²) in [5.41, 5.74) is 1.31. The Hall–Kier alpha value is -2.85. The molecule has 1 N–H and O–H groups in total. The van der Waals surface area contributed by atoms with Crippen LogP contribution in [0.4, 0.5) is 18.9 Å². The van der Waals surface area contributed by atoms with Crippen molar-refractivity contribution >= 4 is 40.6 Å². The predicted octanol–water partition coefficient (Wildman–Crippen LogP) is 5.44. The number of H-pyrrole nitrogens is 1. The number of aromatic amines is 1. The van der Waals surface area contributed by atoms with Crippen molar-refractivity contribution in [3.05, 3.63) is 79.8 Å². The average Bonchev–Trinajstić information content (AvgIpc) is 3.58. The summed E-state index contributed by atoms with van der Waals surface area (Å²) in [6.45, 7) is 2.04. The normalized spacial score (nSPS) is 32.0. The van der Waals surface area contributed by atoms with Crippen molar-refractivity contribution in [3.63, 3.8) is 0 Å². The van der Waals surface area contributed by atoms with Gasteiger partial charge < -0.3 is 4.98 Å². The average molecular weight is 543 g/mol. The summed E-state index contributed by atoms with van der Waals surface area (Å²) in [7, 11) is 0. The number of thioether (sulfide) groups is 1. The number of thiazole rings is 1. The Morgan fingerprint density at radius 1 is 0.973 bits per heavy atom. The van der Waals surface area contributed by atoms with Gasteiger partial charge in [0.2, 0.25) is 11.8 Å². The number of nitrogens with zero attached hydrogens (tertiary/aromatic N) is 1. The lowest BCUT2D eigenvalue weighted by Gasteiger charge is -2.43. The van der Waals surface area contributed by atoms with E-state index < -0.39 is 35.4 Å². The Labute approximate surface area is 218 Å². The van der Waals surface area contributed by atoms with Crippen molar-refractivity contribution in [2.75, 3.05) is 4.90 Å². The summed E-state index contributed by atoms with van der Waals surface area (Å²) in [5.74, 6) is -2.11. The van der Waals surface area contributed by atoms with Gasteiger partial charge in [0.05, 0.1) is 28.1 Å². The van der Waals surface area contributed by atoms with Crippen LogP contribution < -0.4 is 9.77 Å². The highest BCUT2D eigenvalue weighted by Crippen LogP contribution is 2.68. The van der Waals surface area contributed by atoms with Crippen LogP contribution >= 0.6 is 23.1 Å². The molecule has 6 unspecified atom stereocenters. The Bertz CT molecular complexity index is 1530. The number of benzene rings is 2. The topological polar surface area (TPSA) is 70.2 Å². The molecular formula is C27H21F3N2O3S2. The monoisotopic (exact) mass is 542 g/mol. The SMILES string of the molecule is Cc1ccccc1C1c2sc(=O)[nH]c2SC2C3CC(C4C(=O)N(c5cccc(C(F)(F)F)c5)C(=O)C34)[C@@H]12. The van der Waals surface area contributed by atoms with Crippen LogP contribution in [-0.2, 0) is 15.8 Å². The molecule has 2 saturated carbocycles. The number of nitrogens with one attached hydrogen (secondary N) is 1. The third-order valence-electron chi connectivity index (χ3n) is 8.68. The van der Waals surface area contributed by atoms with Crippen LogP contribution in [0.15, 0.2) is 58.4 Å². The molecule has 2 bridgehead atoms. The highest BCUT2D eigenvalue weighted by atomic mass is 32.2. The lowest BCUT2D eigenvalue weighted by atomic mass is 9.67. The maximum Gasteiger partial charge on any atom is 0.416 e. The maximum absolute atomic E-state index is 13.7. The first-order valence-electron chi connectivity index (χ1n) is 12.2. The zero-order valence-corrected chi connectivity index (χ0v) is 21.1. The molecule has 3 heterocycles. The zero-order chi connectivity index (χ0) is 25.8. The van der Waals surface area contributed by atoms with Crippen LogP contribution in [0, 0.1) is 36.5 Å². The van der Waals surface area contributed by atoms with Crippen molar-refractivity contribution in [1.82, 2.24) is 4.98 Å². The number of carbonyl (C=O) groups is 2. The number of amides is 2. The maximum atomic E-state index is 13.7. The van der Waals surface area contributed by atoms with Crippen molar-refractivity contribution in [1.29, 1.82) is 0 Å². The van der Waals surface area contributed by atoms with Gasteiger partial charge in [-0.15, -0.1) is 11.8 Å². The smallest absolute Gasteiger partial charge is 0.307 e. The molecule has 5 nitrogen and oxygen atoms in total. The first-order chi connectivity index (χ1) is 17.6. The zero-order valence-electron chi connectivity index (χ0n) is 19.5. The van der Waals surface area contributed by atoms with E-state index in [0.29, 0.717) is 0 Å². The van der Waals surface area contributed by atoms with Gasteiger partial charge in [0.1, 0.15) is 0 Å². The van der Waals surface area contributed by atoms with E-state index in [1.165, 1.54) is 23.5 Å². The minimum atomic E-state index is -4.57. The highest BCUT2D eigenvalue weighted by Gasteiger charge is 2.69. The number of hydrogen-bond acceptors (Lipinski definition) is 5. The van der Waals surface area contributed by atoms with Gasteiger partial charge in [0, 0.05) is 16.0 Å². The fraction of sp³-hybridized carbons (Fsp3) is 0.370. The molecule has 37 heavy (non-hydrogen) atoms. The second-order valence-corrected chi connectivity index (χ2v) is 12.6. The van der Waals surface area contributed by atoms with E-state index in [9.17, 15) is 27.6 Å². The molecule has 10 heteroatoms. The summed E-state index contributed by atoms with van der Waals surface area (Å²) in [6.07, 6.45) is -3.84. The summed E-state index contributed by atoms with van der Waals surface area (Å²) in [4.78, 5) is 44.6. The molecule has 7 atom stereocenters. The molecule has 0 spiro atoms. The number of aryl methyl sites for hydroxylation is 1. The third-order valence-corrected chi connectivity index (χ3v) is 11.3. The molecule has 4 aliphatic rings. The van der Waals surface area contributed by atoms with E-state index in [1.807, 2.05) is 25.1 Å². The highest BCUT2D eigenvalue weighted by molar-refractivity contribution is 8.00. The van der Waals surface area contributed by atoms with Gasteiger partial charge >= 0.3 is 11.0 Å². The molecule has 3 fully saturated rings. The second-order valence-electron chi connectivity index (χ2n) is 10.4. The predicted molar refractivity (Wildman–Crippen MR) is 134 cm³/mol. The Kier molecular flexibility index (Phi) is 4.93. The van der Waals surface area contributed by atoms with Gasteiger partial charge in [0.25, 0.3) is 0 Å². The number of fused-ring (bicyclic) bond motifs is 9. The van der Waals surface area contributed by atoms with Crippen LogP contribution in [0.3, 0.4) is 0 Å². The van der Waals surface area contributed by atoms with Gasteiger partial charge in [0.15, 0.2) is 0 Å². The number of aromatic nitrogens is 1. The standard InChI is InChI=1S/C27H21F3N2O3S2/c1-11-5-2-3-8-14(11)17-18-15-10-16(21(18)36-23-22(17)37-26(35)31-23)20-19(15)24(33)32(25(20)34)13-7-4-6-12(9-13)27(28,29)30/h2-9,15-21H,10H2,1H3,(H,31,35)/t15?,16?,17?,18-,19?,20?,21?/m0/s1. The van der Waals surface area contributed by atoms with Crippen LogP contribution in [0.2, 0.25) is 0 Å². The summed E-state index contributed by atoms with van der Waals surface area (Å²) in [6, 6.07) is 12.5. The van der Waals surface area contributed by atoms with Crippen LogP contribution in [-0.4, -0.2) is 22.0 Å². The molecule has 7 rings (SSSR count). The molecule has 2 aliphatic carbocycles. The molecule has 2 aromatic carbocycles. The fourth-order valence-corrected chi connectivity index (χ4v) is 10.3. The van der Waals surface area contributed by atoms with Gasteiger partial charge in [-0.3, -0.25) is 19.3 Å². The number of halogens is 3. The Morgan fingerprint density at radius 2 is 1.70 bits per heavy atom. The number of rotatable bonds is 2. The largest absolute Gasteiger partial charge is 0.416 e. The minimum absolute atomic E-state index is 0.0202. The van der Waals surface area contributed by atoms with Crippen molar-refractivity contribution in [2.24, 2.45) is 29.6 Å². The second kappa shape index (κ2) is 7.83. The third kappa shape index (κ3) is 3.21. The number of imide groups is 1. The van der Waals surface area contributed by atoms with Crippen LogP contribution in [0.25, 0.3) is 0 Å². The molecule has 2 aliphatic heterocycles. The van der Waals surface area contributed by atoms with Gasteiger partial charge in [-0.2, -0.15) is 13.2 Å². The van der Waals surface area contributed by atoms with E-state index in [4.69, 9.17) is 0 Å². The quantitative estimate of drug-likeness (QED) is 0.438. The van der Waals surface area contributed by atoms with E-state index >= 15 is 0 Å². The molecule has 190 valence electrons. The minimum Gasteiger partial charge on any atom is -0.307 e. The molecule has 0 radical (unpaired) electrons. The number of alkyl halides is 3. The molecular weight excluding hydrogens is 521 g/mol. The fourth-order valence-electron chi connectivity index (χ4n) is 7.38. The summed E-state index contributed by atoms with van der Waals surface area (Å²) < 4.78 is 40.1. The van der Waals surface area contributed by atoms with Gasteiger partial charge in [-0.1, -0.05) is 41.7 Å². The van der Waals surface area contributed by atoms with Crippen molar-refractivity contribution < 1.29 is 22.8 Å². The van der Waals surface area contributed by atoms with Gasteiger partial charge in [-0.05, 0) is 60.4 Å². The Balaban J connectivity index is 1.31. The van der Waals surface area contributed by atoms with Gasteiger partial charge in [-0.25, -0.2) is 0 Å². The van der Waals surface area contributed by atoms with Crippen LogP contribution in [0.5, 0.6) is 0 Å². The first-order valence-corrected chi connectivity index (χ1v) is 13.8. The number of anilines is 1. The summed E-state index contributed by atoms with van der Waals surface area (Å²) >= 11 is 2.80. The molecule has 1 saturated heterocycles. The molecule has 1 aromatic heterocycles. The van der Waals surface area contributed by atoms with Crippen LogP contribution in [0.1, 0.15) is 33.9 Å². The Morgan fingerprint density at radius 3 is 2.43 bits per heavy atom. The lowest BCUT2D eigenvalue weighted by Crippen LogP contribution is -2.42. The number of carbonyl (C=O) groups excluding carboxylic acids is 2. The van der Waals surface area contributed by atoms with E-state index in [-0.39, 0.29) is 39.5 Å². The molecule has 2 amide bonds. The van der Waals surface area contributed by atoms with Crippen molar-refractivity contribution in [3.8, 4) is 0 Å². The van der Waals surface area contributed by atoms with E-state index in [1.54, 1.807) is 11.8 Å². The lowest BCUT2D eigenvalue weighted by molar-refractivity contribution is -0.137.